The highest BCUT2D eigenvalue weighted by molar-refractivity contribution is 9.09. The predicted octanol–water partition coefficient (Wildman–Crippen LogP) is 4.83. The van der Waals surface area contributed by atoms with Crippen molar-refractivity contribution in [3.63, 3.8) is 0 Å². The van der Waals surface area contributed by atoms with Gasteiger partial charge in [0.25, 0.3) is 0 Å². The Morgan fingerprint density at radius 1 is 1.05 bits per heavy atom. The first-order valence-corrected chi connectivity index (χ1v) is 7.57. The predicted molar refractivity (Wildman–Crippen MR) is 86.1 cm³/mol. The van der Waals surface area contributed by atoms with Gasteiger partial charge in [0.2, 0.25) is 0 Å². The molecule has 21 heavy (non-hydrogen) atoms. The van der Waals surface area contributed by atoms with Gasteiger partial charge in [-0.2, -0.15) is 0 Å². The molecule has 1 atom stereocenters. The van der Waals surface area contributed by atoms with Crippen LogP contribution in [0.2, 0.25) is 0 Å². The molecule has 0 spiro atoms. The van der Waals surface area contributed by atoms with Gasteiger partial charge in [-0.15, -0.1) is 0 Å². The van der Waals surface area contributed by atoms with E-state index in [1.807, 2.05) is 31.2 Å². The highest BCUT2D eigenvalue weighted by Gasteiger charge is 2.13. The standard InChI is InChI=1S/C17H18BrFO2/c1-11-8-13(19)5-6-14(11)15(18)9-12-4-7-16(20-2)17(10-12)21-3/h4-8,10,15H,9H2,1-3H3. The molecule has 0 fully saturated rings. The van der Waals surface area contributed by atoms with Crippen LogP contribution in [0.25, 0.3) is 0 Å². The van der Waals surface area contributed by atoms with Crippen LogP contribution in [-0.2, 0) is 6.42 Å². The second-order valence-corrected chi connectivity index (χ2v) is 5.97. The van der Waals surface area contributed by atoms with Gasteiger partial charge in [-0.25, -0.2) is 4.39 Å². The molecule has 0 aromatic heterocycles. The summed E-state index contributed by atoms with van der Waals surface area (Å²) >= 11 is 3.69. The molecule has 0 N–H and O–H groups in total. The number of alkyl halides is 1. The summed E-state index contributed by atoms with van der Waals surface area (Å²) in [5.74, 6) is 1.22. The molecule has 0 aliphatic carbocycles. The number of ether oxygens (including phenoxy) is 2. The summed E-state index contributed by atoms with van der Waals surface area (Å²) in [4.78, 5) is 0.121. The molecule has 0 aliphatic heterocycles. The smallest absolute Gasteiger partial charge is 0.160 e. The Bertz CT molecular complexity index is 628. The first kappa shape index (κ1) is 15.8. The quantitative estimate of drug-likeness (QED) is 0.717. The molecule has 0 saturated heterocycles. The van der Waals surface area contributed by atoms with Crippen LogP contribution in [0.1, 0.15) is 21.5 Å². The van der Waals surface area contributed by atoms with Gasteiger partial charge < -0.3 is 9.47 Å². The molecule has 2 rings (SSSR count). The Hall–Kier alpha value is -1.55. The highest BCUT2D eigenvalue weighted by atomic mass is 79.9. The number of hydrogen-bond donors (Lipinski definition) is 0. The van der Waals surface area contributed by atoms with E-state index in [9.17, 15) is 4.39 Å². The van der Waals surface area contributed by atoms with Crippen LogP contribution in [0.5, 0.6) is 11.5 Å². The van der Waals surface area contributed by atoms with E-state index in [1.54, 1.807) is 20.3 Å². The molecule has 0 saturated carbocycles. The Morgan fingerprint density at radius 3 is 2.38 bits per heavy atom. The number of halogens is 2. The minimum atomic E-state index is -0.206. The first-order valence-electron chi connectivity index (χ1n) is 6.66. The van der Waals surface area contributed by atoms with Crippen LogP contribution in [0.4, 0.5) is 4.39 Å². The third-order valence-corrected chi connectivity index (χ3v) is 4.25. The molecule has 0 amide bonds. The second kappa shape index (κ2) is 6.94. The van der Waals surface area contributed by atoms with Gasteiger partial charge in [-0.05, 0) is 54.3 Å². The molecule has 0 radical (unpaired) electrons. The van der Waals surface area contributed by atoms with Gasteiger partial charge >= 0.3 is 0 Å². The van der Waals surface area contributed by atoms with E-state index in [4.69, 9.17) is 9.47 Å². The zero-order chi connectivity index (χ0) is 15.4. The fourth-order valence-electron chi connectivity index (χ4n) is 2.32. The van der Waals surface area contributed by atoms with E-state index in [1.165, 1.54) is 6.07 Å². The average Bonchev–Trinajstić information content (AvgIpc) is 2.46. The number of aryl methyl sites for hydroxylation is 1. The van der Waals surface area contributed by atoms with Gasteiger partial charge in [0.15, 0.2) is 11.5 Å². The summed E-state index contributed by atoms with van der Waals surface area (Å²) in [6.45, 7) is 1.92. The van der Waals surface area contributed by atoms with E-state index in [0.717, 1.165) is 23.1 Å². The number of rotatable bonds is 5. The Kier molecular flexibility index (Phi) is 5.23. The normalized spacial score (nSPS) is 12.0. The zero-order valence-electron chi connectivity index (χ0n) is 12.3. The summed E-state index contributed by atoms with van der Waals surface area (Å²) in [6, 6.07) is 10.7. The summed E-state index contributed by atoms with van der Waals surface area (Å²) in [5, 5.41) is 0. The minimum Gasteiger partial charge on any atom is -0.493 e. The molecule has 2 nitrogen and oxygen atoms in total. The van der Waals surface area contributed by atoms with Crippen molar-refractivity contribution in [1.82, 2.24) is 0 Å². The van der Waals surface area contributed by atoms with Gasteiger partial charge in [0.1, 0.15) is 5.82 Å². The van der Waals surface area contributed by atoms with E-state index in [-0.39, 0.29) is 10.6 Å². The molecule has 0 aliphatic rings. The molecular weight excluding hydrogens is 335 g/mol. The van der Waals surface area contributed by atoms with E-state index in [0.29, 0.717) is 11.5 Å². The molecule has 0 heterocycles. The fourth-order valence-corrected chi connectivity index (χ4v) is 3.20. The lowest BCUT2D eigenvalue weighted by atomic mass is 10.00. The Labute approximate surface area is 133 Å². The molecule has 0 bridgehead atoms. The minimum absolute atomic E-state index is 0.121. The monoisotopic (exact) mass is 352 g/mol. The number of benzene rings is 2. The molecule has 1 unspecified atom stereocenters. The van der Waals surface area contributed by atoms with Crippen molar-refractivity contribution in [2.24, 2.45) is 0 Å². The van der Waals surface area contributed by atoms with Crippen molar-refractivity contribution in [2.75, 3.05) is 14.2 Å². The summed E-state index contributed by atoms with van der Waals surface area (Å²) in [7, 11) is 3.24. The maximum Gasteiger partial charge on any atom is 0.160 e. The van der Waals surface area contributed by atoms with Gasteiger partial charge in [-0.1, -0.05) is 28.1 Å². The summed E-state index contributed by atoms with van der Waals surface area (Å²) in [5.41, 5.74) is 3.15. The topological polar surface area (TPSA) is 18.5 Å². The van der Waals surface area contributed by atoms with E-state index >= 15 is 0 Å². The van der Waals surface area contributed by atoms with Crippen molar-refractivity contribution in [3.8, 4) is 11.5 Å². The lowest BCUT2D eigenvalue weighted by Gasteiger charge is -2.15. The van der Waals surface area contributed by atoms with Crippen LogP contribution in [0.3, 0.4) is 0 Å². The maximum absolute atomic E-state index is 13.2. The largest absolute Gasteiger partial charge is 0.493 e. The SMILES string of the molecule is COc1ccc(CC(Br)c2ccc(F)cc2C)cc1OC. The van der Waals surface area contributed by atoms with Crippen LogP contribution in [-0.4, -0.2) is 14.2 Å². The Balaban J connectivity index is 2.21. The molecular formula is C17H18BrFO2. The van der Waals surface area contributed by atoms with Crippen LogP contribution >= 0.6 is 15.9 Å². The first-order chi connectivity index (χ1) is 10.0. The average molecular weight is 353 g/mol. The number of hydrogen-bond acceptors (Lipinski definition) is 2. The molecule has 2 aromatic rings. The third kappa shape index (κ3) is 3.76. The van der Waals surface area contributed by atoms with Crippen molar-refractivity contribution < 1.29 is 13.9 Å². The van der Waals surface area contributed by atoms with Crippen LogP contribution in [0, 0.1) is 12.7 Å². The summed E-state index contributed by atoms with van der Waals surface area (Å²) < 4.78 is 23.7. The van der Waals surface area contributed by atoms with Crippen LogP contribution in [0.15, 0.2) is 36.4 Å². The second-order valence-electron chi connectivity index (χ2n) is 4.86. The lowest BCUT2D eigenvalue weighted by Crippen LogP contribution is -2.00. The lowest BCUT2D eigenvalue weighted by molar-refractivity contribution is 0.354. The zero-order valence-corrected chi connectivity index (χ0v) is 13.9. The summed E-state index contributed by atoms with van der Waals surface area (Å²) in [6.07, 6.45) is 0.785. The van der Waals surface area contributed by atoms with Crippen molar-refractivity contribution >= 4 is 15.9 Å². The van der Waals surface area contributed by atoms with Crippen molar-refractivity contribution in [3.05, 3.63) is 58.9 Å². The van der Waals surface area contributed by atoms with Crippen molar-refractivity contribution in [1.29, 1.82) is 0 Å². The van der Waals surface area contributed by atoms with Gasteiger partial charge in [0.05, 0.1) is 14.2 Å². The van der Waals surface area contributed by atoms with Crippen molar-refractivity contribution in [2.45, 2.75) is 18.2 Å². The van der Waals surface area contributed by atoms with E-state index < -0.39 is 0 Å². The molecule has 4 heteroatoms. The molecule has 2 aromatic carbocycles. The van der Waals surface area contributed by atoms with Crippen LogP contribution < -0.4 is 9.47 Å². The molecule has 112 valence electrons. The highest BCUT2D eigenvalue weighted by Crippen LogP contribution is 2.33. The maximum atomic E-state index is 13.2. The van der Waals surface area contributed by atoms with E-state index in [2.05, 4.69) is 15.9 Å². The fraction of sp³-hybridized carbons (Fsp3) is 0.294. The van der Waals surface area contributed by atoms with Gasteiger partial charge in [-0.3, -0.25) is 0 Å². The number of methoxy groups -OCH3 is 2. The Morgan fingerprint density at radius 2 is 1.76 bits per heavy atom. The van der Waals surface area contributed by atoms with Gasteiger partial charge in [0, 0.05) is 4.83 Å². The third-order valence-electron chi connectivity index (χ3n) is 3.43.